The third-order valence-electron chi connectivity index (χ3n) is 5.10. The maximum absolute atomic E-state index is 13.9. The molecule has 1 heterocycles. The van der Waals surface area contributed by atoms with Gasteiger partial charge in [-0.25, -0.2) is 22.0 Å². The van der Waals surface area contributed by atoms with Gasteiger partial charge in [-0.2, -0.15) is 0 Å². The number of carboxylic acid groups (broad SMARTS) is 1. The third kappa shape index (κ3) is 10.8. The summed E-state index contributed by atoms with van der Waals surface area (Å²) in [6, 6.07) is 11.7. The summed E-state index contributed by atoms with van der Waals surface area (Å²) in [5.74, 6) is -3.11. The Bertz CT molecular complexity index is 1690. The summed E-state index contributed by atoms with van der Waals surface area (Å²) in [5, 5.41) is 12.4. The van der Waals surface area contributed by atoms with Gasteiger partial charge in [0.15, 0.2) is 16.1 Å². The molecule has 4 aromatic rings. The van der Waals surface area contributed by atoms with Gasteiger partial charge in [0.1, 0.15) is 23.0 Å². The smallest absolute Gasteiger partial charge is 0.338 e. The van der Waals surface area contributed by atoms with Gasteiger partial charge in [0.05, 0.1) is 16.9 Å². The minimum atomic E-state index is -3.52. The molecule has 0 saturated carbocycles. The Hall–Kier alpha value is -4.79. The van der Waals surface area contributed by atoms with Crippen LogP contribution >= 0.6 is 0 Å². The van der Waals surface area contributed by atoms with E-state index >= 15 is 0 Å². The average Bonchev–Trinajstić information content (AvgIpc) is 3.26. The Labute approximate surface area is 251 Å². The number of hydrogen-bond acceptors (Lipinski definition) is 7. The molecule has 0 atom stereocenters. The number of rotatable bonds is 6. The van der Waals surface area contributed by atoms with Crippen LogP contribution in [0.25, 0.3) is 33.4 Å². The number of nitrogens with two attached hydrogens (primary N) is 1. The number of furan rings is 1. The van der Waals surface area contributed by atoms with Crippen molar-refractivity contribution in [3.63, 3.8) is 0 Å². The van der Waals surface area contributed by atoms with E-state index in [0.717, 1.165) is 18.4 Å². The molecule has 3 aromatic carbocycles. The van der Waals surface area contributed by atoms with E-state index in [9.17, 15) is 31.9 Å². The highest BCUT2D eigenvalue weighted by Gasteiger charge is 2.21. The summed E-state index contributed by atoms with van der Waals surface area (Å²) in [6.07, 6.45) is 9.61. The van der Waals surface area contributed by atoms with Gasteiger partial charge < -0.3 is 20.6 Å². The number of aldehydes is 1. The first-order valence-corrected chi connectivity index (χ1v) is 14.1. The molecule has 11 heteroatoms. The second-order valence-corrected chi connectivity index (χ2v) is 11.0. The number of hydrogen-bond donors (Lipinski definition) is 3. The molecule has 0 bridgehead atoms. The number of carboxylic acids is 1. The average molecular weight is 615 g/mol. The summed E-state index contributed by atoms with van der Waals surface area (Å²) >= 11 is 0. The fourth-order valence-electron chi connectivity index (χ4n) is 3.66. The van der Waals surface area contributed by atoms with Crippen LogP contribution in [-0.4, -0.2) is 46.1 Å². The van der Waals surface area contributed by atoms with Crippen molar-refractivity contribution in [2.45, 2.75) is 20.1 Å². The van der Waals surface area contributed by atoms with Gasteiger partial charge in [-0.3, -0.25) is 4.79 Å². The molecule has 8 nitrogen and oxygen atoms in total. The maximum atomic E-state index is 13.9. The molecule has 0 unspecified atom stereocenters. The second kappa shape index (κ2) is 17.2. The van der Waals surface area contributed by atoms with Crippen LogP contribution in [0.1, 0.15) is 40.6 Å². The predicted molar refractivity (Wildman–Crippen MR) is 169 cm³/mol. The lowest BCUT2D eigenvalue weighted by molar-refractivity contribution is 0.0691. The Morgan fingerprint density at radius 2 is 1.58 bits per heavy atom. The molecule has 0 aliphatic carbocycles. The number of fused-ring (bicyclic) bond motifs is 1. The molecule has 0 spiro atoms. The topological polar surface area (TPSA) is 140 Å². The standard InChI is InChI=1S/C24H16F2O6S.C3H7N.C2H7N.C2H2.CH4/c1-33(30,31)12-15-9-22-18(10-17(15)14-4-7-21(26)19(8-14)24(28)29)20(11-27)23(32-22)13-2-5-16(25)6-3-13;1-3(2)4;1-3-2;1-2;/h2-11H,12H2,1H3,(H,28,29);1,4H2,2H3;3H,1-2H3;1-2H;1H4. The monoisotopic (exact) mass is 614 g/mol. The fraction of sp³-hybridized carbons (Fsp3) is 0.188. The van der Waals surface area contributed by atoms with E-state index in [1.54, 1.807) is 6.92 Å². The van der Waals surface area contributed by atoms with Crippen molar-refractivity contribution in [2.75, 3.05) is 20.4 Å². The summed E-state index contributed by atoms with van der Waals surface area (Å²) < 4.78 is 57.2. The lowest BCUT2D eigenvalue weighted by atomic mass is 9.95. The van der Waals surface area contributed by atoms with Crippen LogP contribution in [0.5, 0.6) is 0 Å². The number of nitrogens with one attached hydrogen (secondary N) is 1. The molecule has 230 valence electrons. The Morgan fingerprint density at radius 1 is 1.07 bits per heavy atom. The SMILES string of the molecule is C.C#C.C=C(C)N.CNC.CS(=O)(=O)Cc1cc2oc(-c3ccc(F)cc3)c(C=O)c2cc1-c1ccc(F)c(C(=O)O)c1. The number of terminal acetylenes is 1. The summed E-state index contributed by atoms with van der Waals surface area (Å²) in [6.45, 7) is 5.08. The van der Waals surface area contributed by atoms with E-state index in [1.165, 1.54) is 42.5 Å². The zero-order valence-corrected chi connectivity index (χ0v) is 24.4. The van der Waals surface area contributed by atoms with Gasteiger partial charge in [0, 0.05) is 17.2 Å². The van der Waals surface area contributed by atoms with E-state index in [4.69, 9.17) is 10.2 Å². The molecular weight excluding hydrogens is 578 g/mol. The number of carbonyl (C=O) groups is 2. The number of allylic oxidation sites excluding steroid dienone is 1. The molecule has 0 fully saturated rings. The molecule has 43 heavy (non-hydrogen) atoms. The van der Waals surface area contributed by atoms with Crippen LogP contribution in [0.15, 0.2) is 71.3 Å². The van der Waals surface area contributed by atoms with Crippen LogP contribution < -0.4 is 11.1 Å². The van der Waals surface area contributed by atoms with Crippen molar-refractivity contribution < 1.29 is 36.3 Å². The van der Waals surface area contributed by atoms with Crippen molar-refractivity contribution in [1.82, 2.24) is 5.32 Å². The number of sulfone groups is 1. The molecule has 1 aromatic heterocycles. The van der Waals surface area contributed by atoms with Gasteiger partial charge >= 0.3 is 5.97 Å². The lowest BCUT2D eigenvalue weighted by Gasteiger charge is -2.11. The first-order chi connectivity index (χ1) is 19.7. The highest BCUT2D eigenvalue weighted by Crippen LogP contribution is 2.38. The normalized spacial score (nSPS) is 9.95. The van der Waals surface area contributed by atoms with Crippen molar-refractivity contribution in [1.29, 1.82) is 0 Å². The summed E-state index contributed by atoms with van der Waals surface area (Å²) in [5.41, 5.74) is 6.68. The van der Waals surface area contributed by atoms with Crippen molar-refractivity contribution >= 4 is 33.1 Å². The lowest BCUT2D eigenvalue weighted by Crippen LogP contribution is -2.04. The van der Waals surface area contributed by atoms with Gasteiger partial charge in [0.2, 0.25) is 0 Å². The van der Waals surface area contributed by atoms with Gasteiger partial charge in [-0.1, -0.05) is 20.1 Å². The Balaban J connectivity index is 0.00000158. The molecule has 0 aliphatic heterocycles. The van der Waals surface area contributed by atoms with Crippen LogP contribution in [0, 0.1) is 24.5 Å². The van der Waals surface area contributed by atoms with E-state index < -0.39 is 38.8 Å². The zero-order chi connectivity index (χ0) is 32.2. The third-order valence-corrected chi connectivity index (χ3v) is 5.94. The molecule has 0 radical (unpaired) electrons. The molecule has 0 amide bonds. The van der Waals surface area contributed by atoms with E-state index in [1.807, 2.05) is 14.1 Å². The van der Waals surface area contributed by atoms with Gasteiger partial charge in [-0.15, -0.1) is 12.8 Å². The molecule has 0 saturated heterocycles. The van der Waals surface area contributed by atoms with Crippen molar-refractivity contribution in [3.8, 4) is 35.3 Å². The number of benzene rings is 3. The summed E-state index contributed by atoms with van der Waals surface area (Å²) in [7, 11) is 0.230. The van der Waals surface area contributed by atoms with Crippen LogP contribution in [0.4, 0.5) is 8.78 Å². The predicted octanol–water partition coefficient (Wildman–Crippen LogP) is 6.30. The van der Waals surface area contributed by atoms with Crippen LogP contribution in [0.3, 0.4) is 0 Å². The minimum Gasteiger partial charge on any atom is -0.478 e. The number of carbonyl (C=O) groups excluding carboxylic acids is 1. The molecule has 4 N–H and O–H groups in total. The maximum Gasteiger partial charge on any atom is 0.338 e. The molecular formula is C32H36F2N2O6S. The second-order valence-electron chi connectivity index (χ2n) is 8.89. The highest BCUT2D eigenvalue weighted by atomic mass is 32.2. The molecule has 4 rings (SSSR count). The quantitative estimate of drug-likeness (QED) is 0.170. The van der Waals surface area contributed by atoms with E-state index in [2.05, 4.69) is 24.7 Å². The number of aromatic carboxylic acids is 1. The van der Waals surface area contributed by atoms with Crippen molar-refractivity contribution in [2.24, 2.45) is 5.73 Å². The summed E-state index contributed by atoms with van der Waals surface area (Å²) in [4.78, 5) is 23.3. The minimum absolute atomic E-state index is 0. The molecule has 0 aliphatic rings. The first-order valence-electron chi connectivity index (χ1n) is 12.1. The van der Waals surface area contributed by atoms with E-state index in [0.29, 0.717) is 28.5 Å². The number of halogens is 2. The fourth-order valence-corrected chi connectivity index (χ4v) is 4.47. The first kappa shape index (κ1) is 38.2. The van der Waals surface area contributed by atoms with E-state index in [-0.39, 0.29) is 35.5 Å². The Kier molecular flexibility index (Phi) is 15.3. The van der Waals surface area contributed by atoms with Gasteiger partial charge in [-0.05, 0) is 91.9 Å². The van der Waals surface area contributed by atoms with Crippen LogP contribution in [0.2, 0.25) is 0 Å². The highest BCUT2D eigenvalue weighted by molar-refractivity contribution is 7.89. The van der Waals surface area contributed by atoms with Crippen LogP contribution in [-0.2, 0) is 15.6 Å². The van der Waals surface area contributed by atoms with Crippen molar-refractivity contribution in [3.05, 3.63) is 95.2 Å². The largest absolute Gasteiger partial charge is 0.478 e. The zero-order valence-electron chi connectivity index (χ0n) is 23.6. The van der Waals surface area contributed by atoms with Gasteiger partial charge in [0.25, 0.3) is 0 Å². The Morgan fingerprint density at radius 3 is 2.05 bits per heavy atom.